The Balaban J connectivity index is 3.13. The van der Waals surface area contributed by atoms with E-state index >= 15 is 0 Å². The maximum absolute atomic E-state index is 11.2. The Morgan fingerprint density at radius 2 is 2.20 bits per heavy atom. The number of H-pyrrole nitrogens is 1. The van der Waals surface area contributed by atoms with Crippen molar-refractivity contribution in [3.63, 3.8) is 0 Å². The highest BCUT2D eigenvalue weighted by Gasteiger charge is 2.16. The molecule has 0 aromatic carbocycles. The molecular weight excluding hydrogens is 243 g/mol. The first kappa shape index (κ1) is 12.0. The third-order valence-electron chi connectivity index (χ3n) is 1.73. The summed E-state index contributed by atoms with van der Waals surface area (Å²) in [5.74, 6) is -1.08. The van der Waals surface area contributed by atoms with Crippen LogP contribution >= 0.6 is 23.2 Å². The predicted molar refractivity (Wildman–Crippen MR) is 56.3 cm³/mol. The number of aromatic amines is 1. The molecule has 7 heteroatoms. The number of hydrogen-bond donors (Lipinski definition) is 3. The minimum atomic E-state index is -1.08. The summed E-state index contributed by atoms with van der Waals surface area (Å²) in [6.07, 6.45) is -0.337. The van der Waals surface area contributed by atoms with Crippen LogP contribution in [0.3, 0.4) is 0 Å². The van der Waals surface area contributed by atoms with E-state index in [0.29, 0.717) is 0 Å². The SMILES string of the molecule is NC(CC(=O)O)c1[nH]c(Cl)cc(=O)c1Cl. The van der Waals surface area contributed by atoms with E-state index in [2.05, 4.69) is 4.98 Å². The molecule has 0 aliphatic rings. The van der Waals surface area contributed by atoms with E-state index in [1.165, 1.54) is 0 Å². The van der Waals surface area contributed by atoms with Crippen LogP contribution in [0, 0.1) is 0 Å². The fourth-order valence-corrected chi connectivity index (χ4v) is 1.52. The van der Waals surface area contributed by atoms with E-state index in [4.69, 9.17) is 34.0 Å². The van der Waals surface area contributed by atoms with Crippen LogP contribution in [-0.4, -0.2) is 16.1 Å². The van der Waals surface area contributed by atoms with Gasteiger partial charge in [0.1, 0.15) is 10.2 Å². The number of pyridine rings is 1. The normalized spacial score (nSPS) is 12.5. The van der Waals surface area contributed by atoms with Crippen molar-refractivity contribution in [2.75, 3.05) is 0 Å². The lowest BCUT2D eigenvalue weighted by molar-refractivity contribution is -0.137. The molecule has 4 N–H and O–H groups in total. The minimum Gasteiger partial charge on any atom is -0.481 e. The van der Waals surface area contributed by atoms with Crippen molar-refractivity contribution in [2.24, 2.45) is 5.73 Å². The molecule has 1 rings (SSSR count). The van der Waals surface area contributed by atoms with Gasteiger partial charge in [-0.15, -0.1) is 0 Å². The number of nitrogens with two attached hydrogens (primary N) is 1. The van der Waals surface area contributed by atoms with E-state index in [1.54, 1.807) is 0 Å². The topological polar surface area (TPSA) is 96.2 Å². The lowest BCUT2D eigenvalue weighted by atomic mass is 10.1. The van der Waals surface area contributed by atoms with Gasteiger partial charge in [0.25, 0.3) is 0 Å². The molecule has 1 unspecified atom stereocenters. The maximum atomic E-state index is 11.2. The van der Waals surface area contributed by atoms with Gasteiger partial charge in [0, 0.05) is 6.07 Å². The number of carbonyl (C=O) groups is 1. The fraction of sp³-hybridized carbons (Fsp3) is 0.250. The quantitative estimate of drug-likeness (QED) is 0.702. The predicted octanol–water partition coefficient (Wildman–Crippen LogP) is 1.16. The molecule has 5 nitrogen and oxygen atoms in total. The Morgan fingerprint density at radius 1 is 1.60 bits per heavy atom. The third-order valence-corrected chi connectivity index (χ3v) is 2.32. The van der Waals surface area contributed by atoms with Gasteiger partial charge in [0.2, 0.25) is 5.43 Å². The number of rotatable bonds is 3. The summed E-state index contributed by atoms with van der Waals surface area (Å²) >= 11 is 11.3. The first-order valence-electron chi connectivity index (χ1n) is 3.97. The molecule has 15 heavy (non-hydrogen) atoms. The molecule has 0 bridgehead atoms. The van der Waals surface area contributed by atoms with E-state index in [9.17, 15) is 9.59 Å². The Morgan fingerprint density at radius 3 is 2.73 bits per heavy atom. The zero-order valence-corrected chi connectivity index (χ0v) is 8.97. The van der Waals surface area contributed by atoms with Crippen molar-refractivity contribution < 1.29 is 9.90 Å². The lowest BCUT2D eigenvalue weighted by Crippen LogP contribution is -2.19. The van der Waals surface area contributed by atoms with Crippen molar-refractivity contribution >= 4 is 29.2 Å². The highest BCUT2D eigenvalue weighted by molar-refractivity contribution is 6.32. The number of hydrogen-bond acceptors (Lipinski definition) is 3. The standard InChI is InChI=1S/C8H8Cl2N2O3/c9-5-2-4(13)7(10)8(12-5)3(11)1-6(14)15/h2-3H,1,11H2,(H,12,13)(H,14,15). The molecule has 0 saturated heterocycles. The van der Waals surface area contributed by atoms with Gasteiger partial charge in [-0.1, -0.05) is 23.2 Å². The highest BCUT2D eigenvalue weighted by atomic mass is 35.5. The summed E-state index contributed by atoms with van der Waals surface area (Å²) in [6.45, 7) is 0. The summed E-state index contributed by atoms with van der Waals surface area (Å²) in [4.78, 5) is 24.2. The van der Waals surface area contributed by atoms with E-state index < -0.39 is 17.4 Å². The van der Waals surface area contributed by atoms with Gasteiger partial charge in [-0.25, -0.2) is 0 Å². The Bertz CT molecular complexity index is 444. The average Bonchev–Trinajstić information content (AvgIpc) is 2.09. The number of aliphatic carboxylic acids is 1. The van der Waals surface area contributed by atoms with Crippen molar-refractivity contribution in [2.45, 2.75) is 12.5 Å². The third kappa shape index (κ3) is 2.95. The Hall–Kier alpha value is -1.04. The molecule has 0 amide bonds. The van der Waals surface area contributed by atoms with Crippen LogP contribution in [-0.2, 0) is 4.79 Å². The Labute approximate surface area is 94.8 Å². The summed E-state index contributed by atoms with van der Waals surface area (Å²) in [6, 6.07) is 0.210. The van der Waals surface area contributed by atoms with Gasteiger partial charge >= 0.3 is 5.97 Å². The first-order chi connectivity index (χ1) is 6.91. The lowest BCUT2D eigenvalue weighted by Gasteiger charge is -2.11. The zero-order chi connectivity index (χ0) is 11.6. The maximum Gasteiger partial charge on any atom is 0.305 e. The smallest absolute Gasteiger partial charge is 0.305 e. The average molecular weight is 251 g/mol. The summed E-state index contributed by atoms with van der Waals surface area (Å²) in [5, 5.41) is 8.46. The van der Waals surface area contributed by atoms with Crippen LogP contribution in [0.4, 0.5) is 0 Å². The van der Waals surface area contributed by atoms with Crippen molar-refractivity contribution in [1.82, 2.24) is 4.98 Å². The molecule has 1 aromatic heterocycles. The molecule has 0 aliphatic carbocycles. The molecule has 0 spiro atoms. The number of carboxylic acids is 1. The summed E-state index contributed by atoms with van der Waals surface area (Å²) < 4.78 is 0. The van der Waals surface area contributed by atoms with Crippen molar-refractivity contribution in [3.8, 4) is 0 Å². The number of halogens is 2. The zero-order valence-electron chi connectivity index (χ0n) is 7.46. The molecule has 0 radical (unpaired) electrons. The first-order valence-corrected chi connectivity index (χ1v) is 4.73. The van der Waals surface area contributed by atoms with E-state index in [-0.39, 0.29) is 22.3 Å². The second kappa shape index (κ2) is 4.65. The largest absolute Gasteiger partial charge is 0.481 e. The van der Waals surface area contributed by atoms with Gasteiger partial charge in [0.15, 0.2) is 0 Å². The van der Waals surface area contributed by atoms with Crippen LogP contribution in [0.5, 0.6) is 0 Å². The molecule has 1 aromatic rings. The fourth-order valence-electron chi connectivity index (χ4n) is 1.08. The molecule has 0 saturated carbocycles. The van der Waals surface area contributed by atoms with Crippen LogP contribution in [0.15, 0.2) is 10.9 Å². The molecular formula is C8H8Cl2N2O3. The Kier molecular flexibility index (Phi) is 3.73. The van der Waals surface area contributed by atoms with Crippen molar-refractivity contribution in [1.29, 1.82) is 0 Å². The molecule has 82 valence electrons. The van der Waals surface area contributed by atoms with Crippen LogP contribution < -0.4 is 11.2 Å². The minimum absolute atomic E-state index is 0.0697. The van der Waals surface area contributed by atoms with Gasteiger partial charge in [-0.05, 0) is 0 Å². The monoisotopic (exact) mass is 250 g/mol. The number of carboxylic acid groups (broad SMARTS) is 1. The second-order valence-corrected chi connectivity index (χ2v) is 3.70. The van der Waals surface area contributed by atoms with Gasteiger partial charge in [-0.3, -0.25) is 9.59 Å². The van der Waals surface area contributed by atoms with E-state index in [0.717, 1.165) is 6.07 Å². The molecule has 0 fully saturated rings. The molecule has 0 aliphatic heterocycles. The second-order valence-electron chi connectivity index (χ2n) is 2.91. The van der Waals surface area contributed by atoms with Gasteiger partial charge in [-0.2, -0.15) is 0 Å². The summed E-state index contributed by atoms with van der Waals surface area (Å²) in [7, 11) is 0. The van der Waals surface area contributed by atoms with Gasteiger partial charge in [0.05, 0.1) is 18.2 Å². The van der Waals surface area contributed by atoms with Crippen molar-refractivity contribution in [3.05, 3.63) is 32.2 Å². The summed E-state index contributed by atoms with van der Waals surface area (Å²) in [5.41, 5.74) is 5.19. The van der Waals surface area contributed by atoms with Crippen LogP contribution in [0.25, 0.3) is 0 Å². The highest BCUT2D eigenvalue weighted by Crippen LogP contribution is 2.20. The van der Waals surface area contributed by atoms with Crippen LogP contribution in [0.2, 0.25) is 10.2 Å². The molecule has 1 heterocycles. The van der Waals surface area contributed by atoms with E-state index in [1.807, 2.05) is 0 Å². The van der Waals surface area contributed by atoms with Gasteiger partial charge < -0.3 is 15.8 Å². The van der Waals surface area contributed by atoms with Crippen LogP contribution in [0.1, 0.15) is 18.2 Å². The number of aromatic nitrogens is 1. The number of nitrogens with one attached hydrogen (secondary N) is 1. The molecule has 1 atom stereocenters.